The lowest BCUT2D eigenvalue weighted by atomic mass is 10.2. The SMILES string of the molecule is CC(=O)Nc1ccc(S(=O)(=O)Nc2ccc(-c3csnn3)cc2)cc1Cl. The standard InChI is InChI=1S/C16H13ClN4O3S2/c1-10(22)18-15-7-6-13(8-14(15)17)26(23,24)20-12-4-2-11(3-5-12)16-9-25-21-19-16/h2-9,20H,1H3,(H,18,22). The maximum absolute atomic E-state index is 12.5. The second-order valence-electron chi connectivity index (χ2n) is 5.30. The molecule has 26 heavy (non-hydrogen) atoms. The Balaban J connectivity index is 1.80. The highest BCUT2D eigenvalue weighted by Gasteiger charge is 2.16. The first-order valence-corrected chi connectivity index (χ1v) is 10.0. The van der Waals surface area contributed by atoms with E-state index < -0.39 is 10.0 Å². The van der Waals surface area contributed by atoms with Crippen LogP contribution < -0.4 is 10.0 Å². The van der Waals surface area contributed by atoms with E-state index in [1.807, 2.05) is 0 Å². The van der Waals surface area contributed by atoms with E-state index in [1.54, 1.807) is 29.6 Å². The van der Waals surface area contributed by atoms with Crippen LogP contribution in [0, 0.1) is 0 Å². The number of halogens is 1. The van der Waals surface area contributed by atoms with Gasteiger partial charge in [0.1, 0.15) is 5.69 Å². The van der Waals surface area contributed by atoms with Crippen LogP contribution in [-0.4, -0.2) is 23.9 Å². The fraction of sp³-hybridized carbons (Fsp3) is 0.0625. The summed E-state index contributed by atoms with van der Waals surface area (Å²) in [4.78, 5) is 11.1. The molecule has 1 heterocycles. The molecular formula is C16H13ClN4O3S2. The average Bonchev–Trinajstić information content (AvgIpc) is 3.11. The highest BCUT2D eigenvalue weighted by Crippen LogP contribution is 2.27. The topological polar surface area (TPSA) is 101 Å². The van der Waals surface area contributed by atoms with Gasteiger partial charge in [-0.05, 0) is 41.9 Å². The van der Waals surface area contributed by atoms with Crippen molar-refractivity contribution in [1.29, 1.82) is 0 Å². The second-order valence-corrected chi connectivity index (χ2v) is 8.00. The fourth-order valence-corrected chi connectivity index (χ4v) is 4.01. The van der Waals surface area contributed by atoms with E-state index in [2.05, 4.69) is 19.6 Å². The number of carbonyl (C=O) groups excluding carboxylic acids is 1. The molecule has 0 bridgehead atoms. The molecule has 0 unspecified atom stereocenters. The molecule has 0 saturated carbocycles. The minimum Gasteiger partial charge on any atom is -0.325 e. The van der Waals surface area contributed by atoms with Gasteiger partial charge >= 0.3 is 0 Å². The molecule has 7 nitrogen and oxygen atoms in total. The molecule has 0 aliphatic heterocycles. The third-order valence-corrected chi connectivity index (χ3v) is 5.55. The van der Waals surface area contributed by atoms with Crippen molar-refractivity contribution in [3.05, 3.63) is 52.9 Å². The Morgan fingerprint density at radius 1 is 1.15 bits per heavy atom. The summed E-state index contributed by atoms with van der Waals surface area (Å²) in [7, 11) is -3.82. The van der Waals surface area contributed by atoms with Crippen LogP contribution in [0.25, 0.3) is 11.3 Å². The second kappa shape index (κ2) is 7.40. The van der Waals surface area contributed by atoms with E-state index in [9.17, 15) is 13.2 Å². The number of aromatic nitrogens is 2. The largest absolute Gasteiger partial charge is 0.325 e. The first-order valence-electron chi connectivity index (χ1n) is 7.32. The van der Waals surface area contributed by atoms with E-state index >= 15 is 0 Å². The highest BCUT2D eigenvalue weighted by molar-refractivity contribution is 7.92. The third-order valence-electron chi connectivity index (χ3n) is 3.35. The molecule has 3 rings (SSSR count). The van der Waals surface area contributed by atoms with Gasteiger partial charge in [-0.1, -0.05) is 28.2 Å². The minimum absolute atomic E-state index is 0.00983. The molecule has 1 aromatic heterocycles. The van der Waals surface area contributed by atoms with E-state index in [0.717, 1.165) is 11.3 Å². The molecule has 0 spiro atoms. The van der Waals surface area contributed by atoms with E-state index in [1.165, 1.54) is 36.7 Å². The van der Waals surface area contributed by atoms with E-state index in [0.29, 0.717) is 11.4 Å². The zero-order chi connectivity index (χ0) is 18.7. The van der Waals surface area contributed by atoms with Crippen molar-refractivity contribution in [2.75, 3.05) is 10.0 Å². The van der Waals surface area contributed by atoms with Gasteiger partial charge in [-0.15, -0.1) is 5.10 Å². The number of rotatable bonds is 5. The lowest BCUT2D eigenvalue weighted by molar-refractivity contribution is -0.114. The van der Waals surface area contributed by atoms with Crippen LogP contribution in [0.5, 0.6) is 0 Å². The number of anilines is 2. The summed E-state index contributed by atoms with van der Waals surface area (Å²) in [6, 6.07) is 10.9. The third kappa shape index (κ3) is 4.18. The Bertz CT molecular complexity index is 1040. The first kappa shape index (κ1) is 18.3. The maximum Gasteiger partial charge on any atom is 0.261 e. The molecule has 0 aliphatic carbocycles. The summed E-state index contributed by atoms with van der Waals surface area (Å²) in [5.41, 5.74) is 2.31. The van der Waals surface area contributed by atoms with Gasteiger partial charge in [0.15, 0.2) is 0 Å². The molecule has 0 atom stereocenters. The number of nitrogens with zero attached hydrogens (tertiary/aromatic N) is 2. The number of sulfonamides is 1. The molecule has 134 valence electrons. The average molecular weight is 409 g/mol. The van der Waals surface area contributed by atoms with Crippen molar-refractivity contribution in [1.82, 2.24) is 9.59 Å². The Hall–Kier alpha value is -2.49. The molecule has 3 aromatic rings. The molecule has 0 fully saturated rings. The number of nitrogens with one attached hydrogen (secondary N) is 2. The summed E-state index contributed by atoms with van der Waals surface area (Å²) in [6.07, 6.45) is 0. The molecule has 2 aromatic carbocycles. The smallest absolute Gasteiger partial charge is 0.261 e. The number of hydrogen-bond donors (Lipinski definition) is 2. The first-order chi connectivity index (χ1) is 12.3. The lowest BCUT2D eigenvalue weighted by Gasteiger charge is -2.11. The van der Waals surface area contributed by atoms with E-state index in [4.69, 9.17) is 11.6 Å². The zero-order valence-corrected chi connectivity index (χ0v) is 15.8. The number of carbonyl (C=O) groups is 1. The fourth-order valence-electron chi connectivity index (χ4n) is 2.17. The van der Waals surface area contributed by atoms with Gasteiger partial charge in [0.25, 0.3) is 10.0 Å². The van der Waals surface area contributed by atoms with Crippen LogP contribution in [0.15, 0.2) is 52.7 Å². The molecule has 2 N–H and O–H groups in total. The number of benzene rings is 2. The van der Waals surface area contributed by atoms with Gasteiger partial charge in [0, 0.05) is 23.6 Å². The van der Waals surface area contributed by atoms with Crippen molar-refractivity contribution in [2.24, 2.45) is 0 Å². The van der Waals surface area contributed by atoms with Gasteiger partial charge < -0.3 is 5.32 Å². The van der Waals surface area contributed by atoms with Crippen LogP contribution in [0.2, 0.25) is 5.02 Å². The molecule has 0 saturated heterocycles. The van der Waals surface area contributed by atoms with Crippen molar-refractivity contribution in [2.45, 2.75) is 11.8 Å². The lowest BCUT2D eigenvalue weighted by Crippen LogP contribution is -2.13. The van der Waals surface area contributed by atoms with Crippen LogP contribution in [0.3, 0.4) is 0 Å². The van der Waals surface area contributed by atoms with Gasteiger partial charge in [0.05, 0.1) is 15.6 Å². The summed E-state index contributed by atoms with van der Waals surface area (Å²) in [5, 5.41) is 8.42. The molecule has 0 radical (unpaired) electrons. The van der Waals surface area contributed by atoms with Gasteiger partial charge in [-0.2, -0.15) is 0 Å². The van der Waals surface area contributed by atoms with Gasteiger partial charge in [-0.25, -0.2) is 8.42 Å². The van der Waals surface area contributed by atoms with Crippen LogP contribution in [0.4, 0.5) is 11.4 Å². The molecule has 1 amide bonds. The van der Waals surface area contributed by atoms with Crippen molar-refractivity contribution >= 4 is 50.4 Å². The Kier molecular flexibility index (Phi) is 5.21. The van der Waals surface area contributed by atoms with Gasteiger partial charge in [0.2, 0.25) is 5.91 Å². The summed E-state index contributed by atoms with van der Waals surface area (Å²) in [5.74, 6) is -0.295. The number of hydrogen-bond acceptors (Lipinski definition) is 6. The van der Waals surface area contributed by atoms with Crippen LogP contribution >= 0.6 is 23.1 Å². The van der Waals surface area contributed by atoms with E-state index in [-0.39, 0.29) is 15.8 Å². The van der Waals surface area contributed by atoms with Gasteiger partial charge in [-0.3, -0.25) is 9.52 Å². The summed E-state index contributed by atoms with van der Waals surface area (Å²) < 4.78 is 31.3. The minimum atomic E-state index is -3.82. The zero-order valence-electron chi connectivity index (χ0n) is 13.4. The summed E-state index contributed by atoms with van der Waals surface area (Å²) >= 11 is 7.28. The summed E-state index contributed by atoms with van der Waals surface area (Å²) in [6.45, 7) is 1.34. The quantitative estimate of drug-likeness (QED) is 0.671. The Labute approximate surface area is 159 Å². The predicted octanol–water partition coefficient (Wildman–Crippen LogP) is 3.62. The molecular weight excluding hydrogens is 396 g/mol. The Morgan fingerprint density at radius 3 is 2.46 bits per heavy atom. The molecule has 10 heteroatoms. The normalized spacial score (nSPS) is 11.2. The van der Waals surface area contributed by atoms with Crippen molar-refractivity contribution < 1.29 is 13.2 Å². The maximum atomic E-state index is 12.5. The highest BCUT2D eigenvalue weighted by atomic mass is 35.5. The predicted molar refractivity (Wildman–Crippen MR) is 102 cm³/mol. The molecule has 0 aliphatic rings. The van der Waals surface area contributed by atoms with Crippen LogP contribution in [0.1, 0.15) is 6.92 Å². The monoisotopic (exact) mass is 408 g/mol. The van der Waals surface area contributed by atoms with Crippen molar-refractivity contribution in [3.63, 3.8) is 0 Å². The number of amides is 1. The Morgan fingerprint density at radius 2 is 1.88 bits per heavy atom. The van der Waals surface area contributed by atoms with Crippen LogP contribution in [-0.2, 0) is 14.8 Å². The van der Waals surface area contributed by atoms with Crippen molar-refractivity contribution in [3.8, 4) is 11.3 Å².